The van der Waals surface area contributed by atoms with Gasteiger partial charge in [-0.25, -0.2) is 13.1 Å². The van der Waals surface area contributed by atoms with Gasteiger partial charge in [0, 0.05) is 12.6 Å². The maximum absolute atomic E-state index is 12.9. The molecule has 0 aliphatic carbocycles. The van der Waals surface area contributed by atoms with Gasteiger partial charge in [0.2, 0.25) is 10.0 Å². The van der Waals surface area contributed by atoms with Crippen LogP contribution >= 0.6 is 0 Å². The predicted octanol–water partition coefficient (Wildman–Crippen LogP) is 2.27. The number of alkyl halides is 3. The van der Waals surface area contributed by atoms with Crippen molar-refractivity contribution in [3.63, 3.8) is 0 Å². The number of rotatable bonds is 6. The van der Waals surface area contributed by atoms with Gasteiger partial charge in [0.25, 0.3) is 0 Å². The molecule has 22 heavy (non-hydrogen) atoms. The fourth-order valence-corrected chi connectivity index (χ4v) is 3.76. The van der Waals surface area contributed by atoms with Gasteiger partial charge < -0.3 is 5.32 Å². The van der Waals surface area contributed by atoms with E-state index in [0.717, 1.165) is 25.5 Å². The highest BCUT2D eigenvalue weighted by atomic mass is 32.2. The van der Waals surface area contributed by atoms with Crippen LogP contribution in [0.15, 0.2) is 24.3 Å². The molecule has 4 nitrogen and oxygen atoms in total. The summed E-state index contributed by atoms with van der Waals surface area (Å²) in [4.78, 5) is 0. The molecule has 1 aliphatic rings. The van der Waals surface area contributed by atoms with Gasteiger partial charge in [0.05, 0.1) is 11.3 Å². The van der Waals surface area contributed by atoms with Gasteiger partial charge >= 0.3 is 6.18 Å². The smallest absolute Gasteiger partial charge is 0.314 e. The van der Waals surface area contributed by atoms with Crippen molar-refractivity contribution in [3.8, 4) is 0 Å². The Labute approximate surface area is 128 Å². The maximum atomic E-state index is 12.9. The van der Waals surface area contributed by atoms with Crippen LogP contribution in [0.5, 0.6) is 0 Å². The van der Waals surface area contributed by atoms with Crippen LogP contribution in [-0.4, -0.2) is 27.5 Å². The second kappa shape index (κ2) is 6.97. The molecule has 1 atom stereocenters. The molecule has 8 heteroatoms. The molecular weight excluding hydrogens is 317 g/mol. The average molecular weight is 336 g/mol. The van der Waals surface area contributed by atoms with E-state index >= 15 is 0 Å². The molecule has 1 aromatic carbocycles. The summed E-state index contributed by atoms with van der Waals surface area (Å²) < 4.78 is 64.9. The van der Waals surface area contributed by atoms with E-state index < -0.39 is 27.5 Å². The van der Waals surface area contributed by atoms with Gasteiger partial charge in [-0.1, -0.05) is 18.2 Å². The summed E-state index contributed by atoms with van der Waals surface area (Å²) in [7, 11) is -3.79. The molecule has 1 aromatic rings. The predicted molar refractivity (Wildman–Crippen MR) is 77.7 cm³/mol. The van der Waals surface area contributed by atoms with Crippen molar-refractivity contribution < 1.29 is 21.6 Å². The standard InChI is InChI=1S/C14H19F3N2O2S/c15-14(16,17)13-6-2-1-4-11(13)10-22(20,21)19-9-7-12-5-3-8-18-12/h1-2,4,6,12,18-19H,3,5,7-10H2/t12-/m1/s1. The van der Waals surface area contributed by atoms with E-state index in [1.807, 2.05) is 0 Å². The van der Waals surface area contributed by atoms with Gasteiger partial charge in [-0.05, 0) is 37.4 Å². The Kier molecular flexibility index (Phi) is 5.46. The Morgan fingerprint density at radius 1 is 1.27 bits per heavy atom. The van der Waals surface area contributed by atoms with Crippen LogP contribution in [0.3, 0.4) is 0 Å². The van der Waals surface area contributed by atoms with E-state index in [0.29, 0.717) is 6.42 Å². The SMILES string of the molecule is O=S(=O)(Cc1ccccc1C(F)(F)F)NCC[C@H]1CCCN1. The first-order chi connectivity index (χ1) is 10.3. The summed E-state index contributed by atoms with van der Waals surface area (Å²) in [5, 5.41) is 3.24. The molecule has 1 fully saturated rings. The maximum Gasteiger partial charge on any atom is 0.416 e. The highest BCUT2D eigenvalue weighted by molar-refractivity contribution is 7.88. The van der Waals surface area contributed by atoms with Crippen molar-refractivity contribution in [3.05, 3.63) is 35.4 Å². The summed E-state index contributed by atoms with van der Waals surface area (Å²) >= 11 is 0. The minimum absolute atomic E-state index is 0.230. The molecule has 2 rings (SSSR count). The summed E-state index contributed by atoms with van der Waals surface area (Å²) in [6.07, 6.45) is -1.85. The topological polar surface area (TPSA) is 58.2 Å². The van der Waals surface area contributed by atoms with Crippen molar-refractivity contribution in [2.24, 2.45) is 0 Å². The monoisotopic (exact) mass is 336 g/mol. The Morgan fingerprint density at radius 3 is 2.64 bits per heavy atom. The van der Waals surface area contributed by atoms with Crippen LogP contribution in [0.4, 0.5) is 13.2 Å². The Bertz CT molecular complexity index is 596. The third-order valence-electron chi connectivity index (χ3n) is 3.65. The average Bonchev–Trinajstić information content (AvgIpc) is 2.90. The highest BCUT2D eigenvalue weighted by Gasteiger charge is 2.33. The van der Waals surface area contributed by atoms with Crippen LogP contribution in [-0.2, 0) is 22.0 Å². The molecule has 1 heterocycles. The number of nitrogens with one attached hydrogen (secondary N) is 2. The van der Waals surface area contributed by atoms with Gasteiger partial charge in [-0.15, -0.1) is 0 Å². The fraction of sp³-hybridized carbons (Fsp3) is 0.571. The normalized spacial score (nSPS) is 19.5. The van der Waals surface area contributed by atoms with Crippen molar-refractivity contribution in [1.82, 2.24) is 10.0 Å². The Hall–Kier alpha value is -1.12. The first-order valence-electron chi connectivity index (χ1n) is 7.14. The fourth-order valence-electron chi connectivity index (χ4n) is 2.57. The van der Waals surface area contributed by atoms with E-state index in [2.05, 4.69) is 10.0 Å². The highest BCUT2D eigenvalue weighted by Crippen LogP contribution is 2.32. The molecule has 0 bridgehead atoms. The molecule has 124 valence electrons. The summed E-state index contributed by atoms with van der Waals surface area (Å²) in [5.74, 6) is -0.666. The first-order valence-corrected chi connectivity index (χ1v) is 8.79. The molecule has 0 saturated carbocycles. The molecule has 1 aliphatic heterocycles. The van der Waals surface area contributed by atoms with Crippen molar-refractivity contribution >= 4 is 10.0 Å². The molecule has 2 N–H and O–H groups in total. The molecule has 1 saturated heterocycles. The minimum atomic E-state index is -4.56. The zero-order valence-corrected chi connectivity index (χ0v) is 12.8. The van der Waals surface area contributed by atoms with Gasteiger partial charge in [-0.3, -0.25) is 0 Å². The molecule has 0 spiro atoms. The van der Waals surface area contributed by atoms with Crippen LogP contribution in [0.2, 0.25) is 0 Å². The van der Waals surface area contributed by atoms with Crippen LogP contribution in [0, 0.1) is 0 Å². The lowest BCUT2D eigenvalue weighted by Gasteiger charge is -2.14. The summed E-state index contributed by atoms with van der Waals surface area (Å²) in [5.41, 5.74) is -1.14. The number of sulfonamides is 1. The van der Waals surface area contributed by atoms with Gasteiger partial charge in [0.15, 0.2) is 0 Å². The third-order valence-corrected chi connectivity index (χ3v) is 4.98. The van der Waals surface area contributed by atoms with Gasteiger partial charge in [0.1, 0.15) is 0 Å². The van der Waals surface area contributed by atoms with E-state index in [9.17, 15) is 21.6 Å². The number of benzene rings is 1. The van der Waals surface area contributed by atoms with Crippen LogP contribution in [0.1, 0.15) is 30.4 Å². The molecule has 0 amide bonds. The lowest BCUT2D eigenvalue weighted by molar-refractivity contribution is -0.138. The third kappa shape index (κ3) is 4.96. The molecule has 0 aromatic heterocycles. The number of halogens is 3. The van der Waals surface area contributed by atoms with Crippen LogP contribution < -0.4 is 10.0 Å². The first kappa shape index (κ1) is 17.2. The molecule has 0 radical (unpaired) electrons. The second-order valence-electron chi connectivity index (χ2n) is 5.39. The van der Waals surface area contributed by atoms with E-state index in [1.54, 1.807) is 0 Å². The quantitative estimate of drug-likeness (QED) is 0.838. The molecular formula is C14H19F3N2O2S. The van der Waals surface area contributed by atoms with Crippen molar-refractivity contribution in [2.45, 2.75) is 37.2 Å². The zero-order valence-electron chi connectivity index (χ0n) is 12.0. The summed E-state index contributed by atoms with van der Waals surface area (Å²) in [6, 6.07) is 5.03. The van der Waals surface area contributed by atoms with Crippen molar-refractivity contribution in [2.75, 3.05) is 13.1 Å². The van der Waals surface area contributed by atoms with Crippen molar-refractivity contribution in [1.29, 1.82) is 0 Å². The van der Waals surface area contributed by atoms with E-state index in [1.165, 1.54) is 18.2 Å². The van der Waals surface area contributed by atoms with Gasteiger partial charge in [-0.2, -0.15) is 13.2 Å². The Morgan fingerprint density at radius 2 is 2.00 bits per heavy atom. The minimum Gasteiger partial charge on any atom is -0.314 e. The van der Waals surface area contributed by atoms with E-state index in [4.69, 9.17) is 0 Å². The van der Waals surface area contributed by atoms with Crippen LogP contribution in [0.25, 0.3) is 0 Å². The lowest BCUT2D eigenvalue weighted by atomic mass is 10.1. The van der Waals surface area contributed by atoms with E-state index in [-0.39, 0.29) is 18.2 Å². The zero-order chi connectivity index (χ0) is 16.2. The number of hydrogen-bond donors (Lipinski definition) is 2. The number of hydrogen-bond acceptors (Lipinski definition) is 3. The second-order valence-corrected chi connectivity index (χ2v) is 7.20. The Balaban J connectivity index is 1.96. The molecule has 0 unspecified atom stereocenters. The largest absolute Gasteiger partial charge is 0.416 e. The summed E-state index contributed by atoms with van der Waals surface area (Å²) in [6.45, 7) is 1.16. The lowest BCUT2D eigenvalue weighted by Crippen LogP contribution is -2.31.